The Kier molecular flexibility index (Phi) is 9.99. The van der Waals surface area contributed by atoms with Crippen molar-refractivity contribution in [2.24, 2.45) is 0 Å². The number of aromatic nitrogens is 2. The fourth-order valence-corrected chi connectivity index (χ4v) is 5.21. The number of halogens is 3. The summed E-state index contributed by atoms with van der Waals surface area (Å²) in [5, 5.41) is 8.84. The first-order valence-electron chi connectivity index (χ1n) is 14.7. The van der Waals surface area contributed by atoms with Crippen LogP contribution in [0.15, 0.2) is 89.5 Å². The van der Waals surface area contributed by atoms with Gasteiger partial charge < -0.3 is 19.9 Å². The number of nitrogens with one attached hydrogen (secondary N) is 2. The van der Waals surface area contributed by atoms with Gasteiger partial charge in [-0.3, -0.25) is 14.5 Å². The van der Waals surface area contributed by atoms with Crippen molar-refractivity contribution in [2.75, 3.05) is 6.54 Å². The maximum Gasteiger partial charge on any atom is 0.471 e. The second kappa shape index (κ2) is 14.3. The molecule has 3 aromatic carbocycles. The molecule has 0 radical (unpaired) electrons. The van der Waals surface area contributed by atoms with Crippen LogP contribution >= 0.6 is 0 Å². The van der Waals surface area contributed by atoms with Gasteiger partial charge in [0, 0.05) is 18.7 Å². The van der Waals surface area contributed by atoms with Crippen LogP contribution in [0.4, 0.5) is 18.0 Å². The van der Waals surface area contributed by atoms with Crippen LogP contribution in [0.2, 0.25) is 0 Å². The van der Waals surface area contributed by atoms with Crippen molar-refractivity contribution < 1.29 is 36.8 Å². The van der Waals surface area contributed by atoms with Gasteiger partial charge in [-0.25, -0.2) is 4.79 Å². The van der Waals surface area contributed by atoms with Gasteiger partial charge in [0.25, 0.3) is 0 Å². The third-order valence-electron chi connectivity index (χ3n) is 7.72. The van der Waals surface area contributed by atoms with E-state index in [9.17, 15) is 27.6 Å². The first kappa shape index (κ1) is 32.2. The fraction of sp³-hybridized carbons (Fsp3) is 0.303. The van der Waals surface area contributed by atoms with Crippen LogP contribution in [0.3, 0.4) is 0 Å². The number of nitrogens with zero attached hydrogens (tertiary/aromatic N) is 3. The molecule has 1 aromatic heterocycles. The Hall–Kier alpha value is -5.20. The molecule has 3 atom stereocenters. The number of amides is 3. The number of carbonyl (C=O) groups excluding carboxylic acids is 3. The minimum absolute atomic E-state index is 0.0368. The lowest BCUT2D eigenvalue weighted by Gasteiger charge is -2.38. The summed E-state index contributed by atoms with van der Waals surface area (Å²) in [7, 11) is 0. The standard InChI is InChI=1S/C33H32F3N5O5/c1-21(29(42)37-19-22-12-14-25(15-13-22)28-39-31(46-40-28)33(34,35)36)38-30(43)27-18-26(24-10-6-3-7-11-24)16-17-41(27)32(44)45-20-23-8-4-2-5-9-23/h2-15,21,26-27H,16-20H2,1H3,(H,37,42)(H,38,43)/t21-,26-,27+/m0/s1. The molecule has 5 rings (SSSR count). The lowest BCUT2D eigenvalue weighted by atomic mass is 9.85. The van der Waals surface area contributed by atoms with Crippen molar-refractivity contribution in [2.45, 2.75) is 57.1 Å². The lowest BCUT2D eigenvalue weighted by Crippen LogP contribution is -2.56. The number of piperidine rings is 1. The summed E-state index contributed by atoms with van der Waals surface area (Å²) in [6, 6.07) is 23.5. The Balaban J connectivity index is 1.19. The molecular weight excluding hydrogens is 603 g/mol. The Labute approximate surface area is 262 Å². The number of rotatable bonds is 9. The van der Waals surface area contributed by atoms with E-state index in [2.05, 4.69) is 25.3 Å². The van der Waals surface area contributed by atoms with Crippen LogP contribution < -0.4 is 10.6 Å². The van der Waals surface area contributed by atoms with E-state index in [1.807, 2.05) is 60.7 Å². The maximum absolute atomic E-state index is 13.6. The quantitative estimate of drug-likeness (QED) is 0.250. The zero-order valence-electron chi connectivity index (χ0n) is 24.9. The Morgan fingerprint density at radius 3 is 2.30 bits per heavy atom. The Bertz CT molecular complexity index is 1630. The molecule has 10 nitrogen and oxygen atoms in total. The summed E-state index contributed by atoms with van der Waals surface area (Å²) in [5.74, 6) is -2.54. The number of ether oxygens (including phenoxy) is 1. The predicted molar refractivity (Wildman–Crippen MR) is 160 cm³/mol. The fourth-order valence-electron chi connectivity index (χ4n) is 5.21. The zero-order valence-corrected chi connectivity index (χ0v) is 24.9. The molecule has 0 unspecified atom stereocenters. The zero-order chi connectivity index (χ0) is 32.7. The summed E-state index contributed by atoms with van der Waals surface area (Å²) >= 11 is 0. The molecule has 1 saturated heterocycles. The van der Waals surface area contributed by atoms with Gasteiger partial charge in [0.05, 0.1) is 0 Å². The van der Waals surface area contributed by atoms with E-state index in [4.69, 9.17) is 4.74 Å². The SMILES string of the molecule is C[C@H](NC(=O)[C@H]1C[C@@H](c2ccccc2)CCN1C(=O)OCc1ccccc1)C(=O)NCc1ccc(-c2noc(C(F)(F)F)n2)cc1. The molecule has 0 spiro atoms. The number of hydrogen-bond donors (Lipinski definition) is 2. The third kappa shape index (κ3) is 8.09. The molecule has 13 heteroatoms. The predicted octanol–water partition coefficient (Wildman–Crippen LogP) is 5.46. The van der Waals surface area contributed by atoms with Crippen LogP contribution in [-0.2, 0) is 33.7 Å². The van der Waals surface area contributed by atoms with Gasteiger partial charge in [0.15, 0.2) is 0 Å². The first-order chi connectivity index (χ1) is 22.1. The van der Waals surface area contributed by atoms with Gasteiger partial charge in [0.2, 0.25) is 17.6 Å². The molecule has 1 aliphatic rings. The molecule has 0 saturated carbocycles. The molecule has 0 aliphatic carbocycles. The van der Waals surface area contributed by atoms with Crippen molar-refractivity contribution in [1.82, 2.24) is 25.7 Å². The van der Waals surface area contributed by atoms with Crippen LogP contribution in [0, 0.1) is 0 Å². The minimum Gasteiger partial charge on any atom is -0.445 e. The van der Waals surface area contributed by atoms with E-state index < -0.39 is 42.1 Å². The minimum atomic E-state index is -4.74. The molecule has 1 fully saturated rings. The first-order valence-corrected chi connectivity index (χ1v) is 14.7. The van der Waals surface area contributed by atoms with Gasteiger partial charge in [0.1, 0.15) is 18.7 Å². The lowest BCUT2D eigenvalue weighted by molar-refractivity contribution is -0.159. The molecule has 2 N–H and O–H groups in total. The van der Waals surface area contributed by atoms with Crippen molar-refractivity contribution in [1.29, 1.82) is 0 Å². The van der Waals surface area contributed by atoms with E-state index in [0.717, 1.165) is 11.1 Å². The summed E-state index contributed by atoms with van der Waals surface area (Å²) in [6.45, 7) is 2.01. The molecule has 240 valence electrons. The molecule has 46 heavy (non-hydrogen) atoms. The summed E-state index contributed by atoms with van der Waals surface area (Å²) < 4.78 is 48.1. The topological polar surface area (TPSA) is 127 Å². The molecular formula is C33H32F3N5O5. The van der Waals surface area contributed by atoms with Gasteiger partial charge in [-0.2, -0.15) is 18.2 Å². The van der Waals surface area contributed by atoms with E-state index in [-0.39, 0.29) is 24.9 Å². The third-order valence-corrected chi connectivity index (χ3v) is 7.72. The summed E-state index contributed by atoms with van der Waals surface area (Å²) in [6.07, 6.45) is -4.33. The van der Waals surface area contributed by atoms with E-state index >= 15 is 0 Å². The molecule has 4 aromatic rings. The number of likely N-dealkylation sites (tertiary alicyclic amines) is 1. The highest BCUT2D eigenvalue weighted by Gasteiger charge is 2.39. The monoisotopic (exact) mass is 635 g/mol. The molecule has 2 heterocycles. The van der Waals surface area contributed by atoms with Gasteiger partial charge in [-0.05, 0) is 42.4 Å². The Morgan fingerprint density at radius 1 is 0.978 bits per heavy atom. The van der Waals surface area contributed by atoms with Gasteiger partial charge in [-0.15, -0.1) is 0 Å². The molecule has 0 bridgehead atoms. The van der Waals surface area contributed by atoms with E-state index in [0.29, 0.717) is 30.5 Å². The van der Waals surface area contributed by atoms with Crippen LogP contribution in [-0.4, -0.2) is 51.6 Å². The number of carbonyl (C=O) groups is 3. The molecule has 3 amide bonds. The number of hydrogen-bond acceptors (Lipinski definition) is 7. The smallest absolute Gasteiger partial charge is 0.445 e. The maximum atomic E-state index is 13.6. The molecule has 1 aliphatic heterocycles. The average molecular weight is 636 g/mol. The average Bonchev–Trinajstić information content (AvgIpc) is 3.58. The second-order valence-corrected chi connectivity index (χ2v) is 10.9. The number of alkyl halides is 3. The second-order valence-electron chi connectivity index (χ2n) is 10.9. The van der Waals surface area contributed by atoms with Crippen LogP contribution in [0.5, 0.6) is 0 Å². The van der Waals surface area contributed by atoms with Crippen molar-refractivity contribution >= 4 is 17.9 Å². The van der Waals surface area contributed by atoms with Crippen molar-refractivity contribution in [3.63, 3.8) is 0 Å². The number of benzene rings is 3. The van der Waals surface area contributed by atoms with Crippen molar-refractivity contribution in [3.8, 4) is 11.4 Å². The largest absolute Gasteiger partial charge is 0.471 e. The van der Waals surface area contributed by atoms with E-state index in [1.54, 1.807) is 19.1 Å². The highest BCUT2D eigenvalue weighted by Crippen LogP contribution is 2.32. The Morgan fingerprint density at radius 2 is 1.65 bits per heavy atom. The highest BCUT2D eigenvalue weighted by molar-refractivity contribution is 5.91. The van der Waals surface area contributed by atoms with Gasteiger partial charge >= 0.3 is 18.2 Å². The van der Waals surface area contributed by atoms with E-state index in [1.165, 1.54) is 17.0 Å². The van der Waals surface area contributed by atoms with Crippen LogP contribution in [0.25, 0.3) is 11.4 Å². The normalized spacial score (nSPS) is 17.2. The van der Waals surface area contributed by atoms with Gasteiger partial charge in [-0.1, -0.05) is 90.1 Å². The van der Waals surface area contributed by atoms with Crippen LogP contribution in [0.1, 0.15) is 48.3 Å². The summed E-state index contributed by atoms with van der Waals surface area (Å²) in [4.78, 5) is 44.4. The summed E-state index contributed by atoms with van der Waals surface area (Å²) in [5.41, 5.74) is 2.85. The highest BCUT2D eigenvalue weighted by atomic mass is 19.4. The van der Waals surface area contributed by atoms with Crippen molar-refractivity contribution in [3.05, 3.63) is 108 Å².